The molecule has 0 bridgehead atoms. The molecule has 3 N–H and O–H groups in total. The van der Waals surface area contributed by atoms with Crippen LogP contribution in [0.5, 0.6) is 11.5 Å². The first-order valence-corrected chi connectivity index (χ1v) is 7.59. The predicted octanol–water partition coefficient (Wildman–Crippen LogP) is 2.85. The summed E-state index contributed by atoms with van der Waals surface area (Å²) in [4.78, 5) is 4.53. The lowest BCUT2D eigenvalue weighted by Crippen LogP contribution is -2.14. The summed E-state index contributed by atoms with van der Waals surface area (Å²) in [5.74, 6) is 2.51. The van der Waals surface area contributed by atoms with Gasteiger partial charge in [0.2, 0.25) is 0 Å². The molecule has 3 rings (SSSR count). The van der Waals surface area contributed by atoms with Crippen molar-refractivity contribution in [3.05, 3.63) is 59.4 Å². The van der Waals surface area contributed by atoms with Crippen molar-refractivity contribution in [3.8, 4) is 22.9 Å². The second-order valence-corrected chi connectivity index (χ2v) is 5.51. The molecule has 3 aromatic rings. The van der Waals surface area contributed by atoms with E-state index in [4.69, 9.17) is 15.2 Å². The molecule has 2 aromatic carbocycles. The van der Waals surface area contributed by atoms with Crippen molar-refractivity contribution in [2.75, 3.05) is 14.2 Å². The van der Waals surface area contributed by atoms with Crippen LogP contribution >= 0.6 is 0 Å². The third kappa shape index (κ3) is 3.09. The van der Waals surface area contributed by atoms with Crippen LogP contribution in [0.2, 0.25) is 0 Å². The number of nitrogens with zero attached hydrogens (tertiary/aromatic N) is 2. The highest BCUT2D eigenvalue weighted by Crippen LogP contribution is 2.31. The lowest BCUT2D eigenvalue weighted by Gasteiger charge is -2.13. The molecule has 1 atom stereocenters. The fourth-order valence-electron chi connectivity index (χ4n) is 2.53. The first-order valence-electron chi connectivity index (χ1n) is 7.59. The molecule has 6 heteroatoms. The van der Waals surface area contributed by atoms with Gasteiger partial charge in [-0.15, -0.1) is 0 Å². The monoisotopic (exact) mass is 324 g/mol. The van der Waals surface area contributed by atoms with Gasteiger partial charge in [0.05, 0.1) is 20.3 Å². The molecule has 0 saturated heterocycles. The first kappa shape index (κ1) is 16.0. The molecule has 0 spiro atoms. The summed E-state index contributed by atoms with van der Waals surface area (Å²) >= 11 is 0. The van der Waals surface area contributed by atoms with Crippen molar-refractivity contribution < 1.29 is 9.47 Å². The highest BCUT2D eigenvalue weighted by Gasteiger charge is 2.17. The van der Waals surface area contributed by atoms with Crippen molar-refractivity contribution in [2.24, 2.45) is 5.73 Å². The smallest absolute Gasteiger partial charge is 0.181 e. The number of nitrogens with one attached hydrogen (secondary N) is 1. The van der Waals surface area contributed by atoms with Gasteiger partial charge in [0.15, 0.2) is 17.3 Å². The van der Waals surface area contributed by atoms with Gasteiger partial charge in [-0.1, -0.05) is 29.8 Å². The minimum absolute atomic E-state index is 0.434. The zero-order valence-corrected chi connectivity index (χ0v) is 13.9. The van der Waals surface area contributed by atoms with Crippen LogP contribution in [-0.4, -0.2) is 29.4 Å². The first-order chi connectivity index (χ1) is 11.6. The van der Waals surface area contributed by atoms with E-state index in [1.807, 2.05) is 49.4 Å². The fraction of sp³-hybridized carbons (Fsp3) is 0.222. The van der Waals surface area contributed by atoms with Crippen molar-refractivity contribution >= 4 is 0 Å². The lowest BCUT2D eigenvalue weighted by molar-refractivity contribution is 0.354. The normalized spacial score (nSPS) is 12.0. The van der Waals surface area contributed by atoms with Crippen LogP contribution in [0.25, 0.3) is 11.4 Å². The standard InChI is InChI=1S/C18H20N4O2/c1-11-5-4-6-13(9-11)17-20-18(22-21-17)16(19)12-7-8-14(23-2)15(10-12)24-3/h4-10,16H,19H2,1-3H3,(H,20,21,22)/t16-/m1/s1. The number of methoxy groups -OCH3 is 2. The van der Waals surface area contributed by atoms with E-state index in [9.17, 15) is 0 Å². The Morgan fingerprint density at radius 2 is 1.83 bits per heavy atom. The highest BCUT2D eigenvalue weighted by atomic mass is 16.5. The Labute approximate surface area is 140 Å². The Kier molecular flexibility index (Phi) is 4.48. The molecule has 1 aromatic heterocycles. The number of nitrogens with two attached hydrogens (primary N) is 1. The van der Waals surface area contributed by atoms with Crippen molar-refractivity contribution in [1.82, 2.24) is 15.2 Å². The summed E-state index contributed by atoms with van der Waals surface area (Å²) in [5, 5.41) is 7.21. The molecule has 0 radical (unpaired) electrons. The Morgan fingerprint density at radius 1 is 1.04 bits per heavy atom. The van der Waals surface area contributed by atoms with Crippen LogP contribution in [-0.2, 0) is 0 Å². The second-order valence-electron chi connectivity index (χ2n) is 5.51. The van der Waals surface area contributed by atoms with Crippen molar-refractivity contribution in [1.29, 1.82) is 0 Å². The highest BCUT2D eigenvalue weighted by molar-refractivity contribution is 5.55. The average molecular weight is 324 g/mol. The number of aryl methyl sites for hydroxylation is 1. The molecular formula is C18H20N4O2. The largest absolute Gasteiger partial charge is 0.493 e. The van der Waals surface area contributed by atoms with Crippen LogP contribution in [0.15, 0.2) is 42.5 Å². The van der Waals surface area contributed by atoms with E-state index in [1.165, 1.54) is 0 Å². The van der Waals surface area contributed by atoms with Crippen LogP contribution < -0.4 is 15.2 Å². The van der Waals surface area contributed by atoms with Crippen molar-refractivity contribution in [2.45, 2.75) is 13.0 Å². The summed E-state index contributed by atoms with van der Waals surface area (Å²) < 4.78 is 10.6. The Morgan fingerprint density at radius 3 is 2.54 bits per heavy atom. The van der Waals surface area contributed by atoms with E-state index in [-0.39, 0.29) is 0 Å². The van der Waals surface area contributed by atoms with E-state index in [1.54, 1.807) is 14.2 Å². The van der Waals surface area contributed by atoms with Crippen molar-refractivity contribution in [3.63, 3.8) is 0 Å². The Bertz CT molecular complexity index is 845. The molecular weight excluding hydrogens is 304 g/mol. The van der Waals surface area contributed by atoms with Crippen LogP contribution in [0.1, 0.15) is 23.0 Å². The van der Waals surface area contributed by atoms with Gasteiger partial charge in [-0.3, -0.25) is 5.10 Å². The number of hydrogen-bond acceptors (Lipinski definition) is 5. The minimum atomic E-state index is -0.434. The molecule has 0 unspecified atom stereocenters. The number of aromatic amines is 1. The lowest BCUT2D eigenvalue weighted by atomic mass is 10.1. The molecule has 0 aliphatic rings. The maximum absolute atomic E-state index is 6.32. The quantitative estimate of drug-likeness (QED) is 0.753. The molecule has 24 heavy (non-hydrogen) atoms. The third-order valence-corrected chi connectivity index (χ3v) is 3.84. The summed E-state index contributed by atoms with van der Waals surface area (Å²) in [6.07, 6.45) is 0. The van der Waals surface area contributed by atoms with Gasteiger partial charge in [0.1, 0.15) is 5.82 Å². The number of aromatic nitrogens is 3. The van der Waals surface area contributed by atoms with Gasteiger partial charge in [-0.2, -0.15) is 5.10 Å². The minimum Gasteiger partial charge on any atom is -0.493 e. The molecule has 6 nitrogen and oxygen atoms in total. The number of hydrogen-bond donors (Lipinski definition) is 2. The summed E-state index contributed by atoms with van der Waals surface area (Å²) in [5.41, 5.74) is 9.29. The van der Waals surface area contributed by atoms with Crippen LogP contribution in [0.4, 0.5) is 0 Å². The maximum Gasteiger partial charge on any atom is 0.181 e. The fourth-order valence-corrected chi connectivity index (χ4v) is 2.53. The molecule has 0 saturated carbocycles. The van der Waals surface area contributed by atoms with Gasteiger partial charge < -0.3 is 15.2 Å². The Balaban J connectivity index is 1.90. The van der Waals surface area contributed by atoms with Gasteiger partial charge in [-0.05, 0) is 30.7 Å². The van der Waals surface area contributed by atoms with Crippen LogP contribution in [0.3, 0.4) is 0 Å². The molecule has 0 fully saturated rings. The van der Waals surface area contributed by atoms with E-state index in [0.29, 0.717) is 23.1 Å². The molecule has 0 amide bonds. The van der Waals surface area contributed by atoms with E-state index in [2.05, 4.69) is 15.2 Å². The van der Waals surface area contributed by atoms with Crippen LogP contribution in [0, 0.1) is 6.92 Å². The second kappa shape index (κ2) is 6.72. The zero-order valence-electron chi connectivity index (χ0n) is 13.9. The van der Waals surface area contributed by atoms with E-state index in [0.717, 1.165) is 16.7 Å². The molecule has 0 aliphatic heterocycles. The van der Waals surface area contributed by atoms with Gasteiger partial charge >= 0.3 is 0 Å². The van der Waals surface area contributed by atoms with E-state index >= 15 is 0 Å². The van der Waals surface area contributed by atoms with Gasteiger partial charge in [0.25, 0.3) is 0 Å². The SMILES string of the molecule is COc1ccc([C@@H](N)c2nc(-c3cccc(C)c3)n[nH]2)cc1OC. The third-order valence-electron chi connectivity index (χ3n) is 3.84. The number of H-pyrrole nitrogens is 1. The zero-order chi connectivity index (χ0) is 17.1. The Hall–Kier alpha value is -2.86. The number of rotatable bonds is 5. The predicted molar refractivity (Wildman–Crippen MR) is 92.1 cm³/mol. The molecule has 1 heterocycles. The number of ether oxygens (including phenoxy) is 2. The summed E-state index contributed by atoms with van der Waals surface area (Å²) in [7, 11) is 3.19. The average Bonchev–Trinajstić information content (AvgIpc) is 3.10. The summed E-state index contributed by atoms with van der Waals surface area (Å²) in [6.45, 7) is 2.03. The molecule has 0 aliphatic carbocycles. The summed E-state index contributed by atoms with van der Waals surface area (Å²) in [6, 6.07) is 13.2. The maximum atomic E-state index is 6.32. The van der Waals surface area contributed by atoms with Gasteiger partial charge in [0, 0.05) is 5.56 Å². The van der Waals surface area contributed by atoms with Gasteiger partial charge in [-0.25, -0.2) is 4.98 Å². The topological polar surface area (TPSA) is 86.0 Å². The van der Waals surface area contributed by atoms with E-state index < -0.39 is 6.04 Å². The molecule has 124 valence electrons. The number of benzene rings is 2.